The van der Waals surface area contributed by atoms with E-state index in [-0.39, 0.29) is 5.56 Å². The van der Waals surface area contributed by atoms with Crippen molar-refractivity contribution >= 4 is 18.7 Å². The van der Waals surface area contributed by atoms with Crippen molar-refractivity contribution in [2.24, 2.45) is 0 Å². The van der Waals surface area contributed by atoms with E-state index in [1.165, 1.54) is 12.2 Å². The molecule has 0 aromatic carbocycles. The number of aromatic nitrogens is 2. The standard InChI is InChI=1S/C8H9F3N2S/c1-5-6(3-2-4-14)7(13-12-5)8(9,10)11/h2-3,14H,4H2,1H3,(H,12,13). The molecule has 14 heavy (non-hydrogen) atoms. The van der Waals surface area contributed by atoms with Gasteiger partial charge in [-0.05, 0) is 6.92 Å². The van der Waals surface area contributed by atoms with E-state index < -0.39 is 11.9 Å². The van der Waals surface area contributed by atoms with Gasteiger partial charge in [-0.25, -0.2) is 0 Å². The van der Waals surface area contributed by atoms with Crippen LogP contribution in [0.2, 0.25) is 0 Å². The Hall–Kier alpha value is -0.910. The fraction of sp³-hybridized carbons (Fsp3) is 0.375. The monoisotopic (exact) mass is 222 g/mol. The number of aryl methyl sites for hydroxylation is 1. The van der Waals surface area contributed by atoms with Crippen molar-refractivity contribution < 1.29 is 13.2 Å². The molecule has 0 bridgehead atoms. The summed E-state index contributed by atoms with van der Waals surface area (Å²) in [6.07, 6.45) is -1.51. The number of halogens is 3. The summed E-state index contributed by atoms with van der Waals surface area (Å²) in [7, 11) is 0. The molecule has 2 nitrogen and oxygen atoms in total. The van der Waals surface area contributed by atoms with Gasteiger partial charge in [0, 0.05) is 17.0 Å². The average molecular weight is 222 g/mol. The number of nitrogens with one attached hydrogen (secondary N) is 1. The molecule has 0 aliphatic rings. The molecule has 1 heterocycles. The van der Waals surface area contributed by atoms with Gasteiger partial charge in [-0.3, -0.25) is 5.10 Å². The number of aromatic amines is 1. The lowest BCUT2D eigenvalue weighted by Crippen LogP contribution is -2.07. The van der Waals surface area contributed by atoms with E-state index >= 15 is 0 Å². The normalized spacial score (nSPS) is 12.6. The number of hydrogen-bond acceptors (Lipinski definition) is 2. The van der Waals surface area contributed by atoms with Gasteiger partial charge in [0.25, 0.3) is 0 Å². The minimum absolute atomic E-state index is 0.0755. The van der Waals surface area contributed by atoms with Gasteiger partial charge in [0.1, 0.15) is 0 Å². The Morgan fingerprint density at radius 1 is 1.50 bits per heavy atom. The van der Waals surface area contributed by atoms with Gasteiger partial charge in [0.05, 0.1) is 0 Å². The second kappa shape index (κ2) is 4.08. The zero-order valence-electron chi connectivity index (χ0n) is 7.39. The first-order chi connectivity index (χ1) is 6.46. The van der Waals surface area contributed by atoms with Crippen molar-refractivity contribution in [3.63, 3.8) is 0 Å². The minimum Gasteiger partial charge on any atom is -0.282 e. The van der Waals surface area contributed by atoms with Crippen molar-refractivity contribution in [2.75, 3.05) is 5.75 Å². The Morgan fingerprint density at radius 3 is 2.64 bits per heavy atom. The summed E-state index contributed by atoms with van der Waals surface area (Å²) in [5.41, 5.74) is -0.407. The highest BCUT2D eigenvalue weighted by Gasteiger charge is 2.36. The van der Waals surface area contributed by atoms with E-state index in [0.717, 1.165) is 0 Å². The molecule has 0 aliphatic carbocycles. The van der Waals surface area contributed by atoms with E-state index in [1.807, 2.05) is 0 Å². The summed E-state index contributed by atoms with van der Waals surface area (Å²) in [4.78, 5) is 0. The van der Waals surface area contributed by atoms with Crippen LogP contribution in [-0.4, -0.2) is 16.0 Å². The molecule has 1 aromatic rings. The van der Waals surface area contributed by atoms with Crippen LogP contribution in [0.5, 0.6) is 0 Å². The summed E-state index contributed by atoms with van der Waals surface area (Å²) < 4.78 is 37.1. The molecule has 0 saturated carbocycles. The van der Waals surface area contributed by atoms with E-state index in [0.29, 0.717) is 11.4 Å². The summed E-state index contributed by atoms with van der Waals surface area (Å²) in [5, 5.41) is 5.52. The molecular formula is C8H9F3N2S. The van der Waals surface area contributed by atoms with Crippen LogP contribution in [0.25, 0.3) is 6.08 Å². The molecule has 0 spiro atoms. The maximum Gasteiger partial charge on any atom is 0.435 e. The number of thiol groups is 1. The van der Waals surface area contributed by atoms with Crippen LogP contribution in [0.15, 0.2) is 6.08 Å². The minimum atomic E-state index is -4.42. The molecule has 1 rings (SSSR count). The summed E-state index contributed by atoms with van der Waals surface area (Å²) in [5.74, 6) is 0.391. The van der Waals surface area contributed by atoms with Crippen LogP contribution in [0.3, 0.4) is 0 Å². The van der Waals surface area contributed by atoms with Crippen molar-refractivity contribution in [2.45, 2.75) is 13.1 Å². The Labute approximate surface area is 84.6 Å². The lowest BCUT2D eigenvalue weighted by atomic mass is 10.1. The van der Waals surface area contributed by atoms with Gasteiger partial charge < -0.3 is 0 Å². The van der Waals surface area contributed by atoms with Crippen LogP contribution in [-0.2, 0) is 6.18 Å². The van der Waals surface area contributed by atoms with Crippen LogP contribution in [0, 0.1) is 6.92 Å². The smallest absolute Gasteiger partial charge is 0.282 e. The highest BCUT2D eigenvalue weighted by Crippen LogP contribution is 2.31. The second-order valence-corrected chi connectivity index (χ2v) is 3.06. The van der Waals surface area contributed by atoms with Crippen molar-refractivity contribution in [1.82, 2.24) is 10.2 Å². The van der Waals surface area contributed by atoms with E-state index in [4.69, 9.17) is 0 Å². The molecule has 1 N–H and O–H groups in total. The first-order valence-corrected chi connectivity index (χ1v) is 4.49. The van der Waals surface area contributed by atoms with Crippen molar-refractivity contribution in [1.29, 1.82) is 0 Å². The lowest BCUT2D eigenvalue weighted by Gasteiger charge is -2.03. The molecule has 0 saturated heterocycles. The third-order valence-electron chi connectivity index (χ3n) is 1.65. The Kier molecular flexibility index (Phi) is 3.25. The van der Waals surface area contributed by atoms with Gasteiger partial charge in [-0.1, -0.05) is 12.2 Å². The molecule has 0 radical (unpaired) electrons. The van der Waals surface area contributed by atoms with Gasteiger partial charge in [-0.2, -0.15) is 30.9 Å². The molecular weight excluding hydrogens is 213 g/mol. The van der Waals surface area contributed by atoms with Gasteiger partial charge in [-0.15, -0.1) is 0 Å². The number of rotatable bonds is 2. The SMILES string of the molecule is Cc1[nH]nc(C(F)(F)F)c1C=CCS. The first-order valence-electron chi connectivity index (χ1n) is 3.86. The lowest BCUT2D eigenvalue weighted by molar-refractivity contribution is -0.141. The van der Waals surface area contributed by atoms with Crippen LogP contribution >= 0.6 is 12.6 Å². The number of hydrogen-bond donors (Lipinski definition) is 2. The Bertz CT molecular complexity index is 341. The van der Waals surface area contributed by atoms with Crippen LogP contribution in [0.1, 0.15) is 17.0 Å². The van der Waals surface area contributed by atoms with E-state index in [2.05, 4.69) is 22.8 Å². The number of H-pyrrole nitrogens is 1. The quantitative estimate of drug-likeness (QED) is 0.740. The van der Waals surface area contributed by atoms with Gasteiger partial charge >= 0.3 is 6.18 Å². The molecule has 0 amide bonds. The maximum absolute atomic E-state index is 12.4. The summed E-state index contributed by atoms with van der Waals surface area (Å²) in [6, 6.07) is 0. The first kappa shape index (κ1) is 11.2. The van der Waals surface area contributed by atoms with E-state index in [9.17, 15) is 13.2 Å². The molecule has 1 aromatic heterocycles. The zero-order valence-corrected chi connectivity index (χ0v) is 8.28. The second-order valence-electron chi connectivity index (χ2n) is 2.69. The number of alkyl halides is 3. The fourth-order valence-electron chi connectivity index (χ4n) is 1.03. The average Bonchev–Trinajstić information content (AvgIpc) is 2.42. The fourth-order valence-corrected chi connectivity index (χ4v) is 1.13. The summed E-state index contributed by atoms with van der Waals surface area (Å²) in [6.45, 7) is 1.54. The molecule has 0 fully saturated rings. The number of nitrogens with zero attached hydrogens (tertiary/aromatic N) is 1. The Balaban J connectivity index is 3.13. The molecule has 0 unspecified atom stereocenters. The Morgan fingerprint density at radius 2 is 2.14 bits per heavy atom. The molecule has 0 atom stereocenters. The highest BCUT2D eigenvalue weighted by atomic mass is 32.1. The molecule has 78 valence electrons. The predicted octanol–water partition coefficient (Wildman–Crippen LogP) is 2.68. The highest BCUT2D eigenvalue weighted by molar-refractivity contribution is 7.80. The largest absolute Gasteiger partial charge is 0.435 e. The van der Waals surface area contributed by atoms with Crippen molar-refractivity contribution in [3.05, 3.63) is 23.0 Å². The van der Waals surface area contributed by atoms with Crippen LogP contribution in [0.4, 0.5) is 13.2 Å². The molecule has 6 heteroatoms. The topological polar surface area (TPSA) is 28.7 Å². The van der Waals surface area contributed by atoms with Gasteiger partial charge in [0.2, 0.25) is 0 Å². The zero-order chi connectivity index (χ0) is 10.8. The van der Waals surface area contributed by atoms with Gasteiger partial charge in [0.15, 0.2) is 5.69 Å². The van der Waals surface area contributed by atoms with Crippen LogP contribution < -0.4 is 0 Å². The molecule has 0 aliphatic heterocycles. The summed E-state index contributed by atoms with van der Waals surface area (Å²) >= 11 is 3.87. The third kappa shape index (κ3) is 2.31. The predicted molar refractivity (Wildman–Crippen MR) is 51.2 cm³/mol. The maximum atomic E-state index is 12.4. The third-order valence-corrected chi connectivity index (χ3v) is 1.86. The van der Waals surface area contributed by atoms with Crippen molar-refractivity contribution in [3.8, 4) is 0 Å². The van der Waals surface area contributed by atoms with E-state index in [1.54, 1.807) is 6.92 Å².